The number of carbonyl (C=O) groups excluding carboxylic acids is 1. The number of imidazole rings is 1. The molecule has 1 amide bonds. The van der Waals surface area contributed by atoms with E-state index in [9.17, 15) is 4.79 Å². The summed E-state index contributed by atoms with van der Waals surface area (Å²) in [5.41, 5.74) is 5.64. The highest BCUT2D eigenvalue weighted by Crippen LogP contribution is 2.30. The normalized spacial score (nSPS) is 14.7. The summed E-state index contributed by atoms with van der Waals surface area (Å²) in [6, 6.07) is 15.3. The Hall–Kier alpha value is -5.23. The second-order valence-electron chi connectivity index (χ2n) is 9.66. The van der Waals surface area contributed by atoms with Crippen molar-refractivity contribution in [1.82, 2.24) is 29.4 Å². The van der Waals surface area contributed by atoms with Crippen LogP contribution in [0.4, 0.5) is 11.5 Å². The van der Waals surface area contributed by atoms with E-state index in [2.05, 4.69) is 38.7 Å². The molecule has 0 aliphatic carbocycles. The van der Waals surface area contributed by atoms with Crippen molar-refractivity contribution in [3.05, 3.63) is 85.1 Å². The van der Waals surface area contributed by atoms with Crippen LogP contribution in [0, 0.1) is 18.8 Å². The Morgan fingerprint density at radius 2 is 2.02 bits per heavy atom. The zero-order chi connectivity index (χ0) is 27.6. The van der Waals surface area contributed by atoms with Crippen molar-refractivity contribution < 1.29 is 9.53 Å². The Morgan fingerprint density at radius 3 is 2.88 bits per heavy atom. The van der Waals surface area contributed by atoms with Crippen LogP contribution in [-0.2, 0) is 11.8 Å². The van der Waals surface area contributed by atoms with Crippen LogP contribution in [-0.4, -0.2) is 47.9 Å². The van der Waals surface area contributed by atoms with Gasteiger partial charge in [0.15, 0.2) is 5.82 Å². The number of nitrogens with one attached hydrogen (secondary N) is 1. The van der Waals surface area contributed by atoms with Gasteiger partial charge in [-0.1, -0.05) is 12.5 Å². The van der Waals surface area contributed by atoms with Gasteiger partial charge in [0.2, 0.25) is 5.91 Å². The van der Waals surface area contributed by atoms with E-state index in [1.54, 1.807) is 11.2 Å². The van der Waals surface area contributed by atoms with Gasteiger partial charge in [0.1, 0.15) is 29.0 Å². The number of aryl methyl sites for hydroxylation is 2. The molecule has 1 atom stereocenters. The minimum atomic E-state index is -0.137. The summed E-state index contributed by atoms with van der Waals surface area (Å²) in [5, 5.41) is 3.37. The Labute approximate surface area is 231 Å². The molecule has 5 aromatic rings. The van der Waals surface area contributed by atoms with Gasteiger partial charge >= 0.3 is 0 Å². The van der Waals surface area contributed by atoms with Crippen LogP contribution in [0.15, 0.2) is 73.8 Å². The first-order valence-electron chi connectivity index (χ1n) is 13.0. The average Bonchev–Trinajstić information content (AvgIpc) is 3.59. The molecule has 0 bridgehead atoms. The number of benzene rings is 2. The van der Waals surface area contributed by atoms with Gasteiger partial charge in [-0.25, -0.2) is 19.9 Å². The molecule has 9 nitrogen and oxygen atoms in total. The molecule has 1 saturated heterocycles. The summed E-state index contributed by atoms with van der Waals surface area (Å²) in [6.45, 7) is 6.28. The van der Waals surface area contributed by atoms with Gasteiger partial charge in [0.05, 0.1) is 28.9 Å². The molecule has 9 heteroatoms. The van der Waals surface area contributed by atoms with E-state index in [-0.39, 0.29) is 11.9 Å². The highest BCUT2D eigenvalue weighted by atomic mass is 16.5. The zero-order valence-electron chi connectivity index (χ0n) is 22.3. The summed E-state index contributed by atoms with van der Waals surface area (Å²) in [6.07, 6.45) is 6.40. The molecule has 40 heavy (non-hydrogen) atoms. The largest absolute Gasteiger partial charge is 0.457 e. The summed E-state index contributed by atoms with van der Waals surface area (Å²) in [7, 11) is 1.97. The summed E-state index contributed by atoms with van der Waals surface area (Å²) >= 11 is 0. The number of fused-ring (bicyclic) bond motifs is 2. The molecule has 2 aromatic carbocycles. The SMILES string of the molecule is C=CC(=O)N1CCC[C@H]1C#Cc1ccc2ncnc(Nc3ccc(Oc4ccc5c(c4)ncn5C)c(C)c3)c2n1. The molecule has 1 aliphatic rings. The second-order valence-corrected chi connectivity index (χ2v) is 9.66. The maximum Gasteiger partial charge on any atom is 0.246 e. The third-order valence-electron chi connectivity index (χ3n) is 6.92. The highest BCUT2D eigenvalue weighted by molar-refractivity contribution is 5.88. The number of carbonyl (C=O) groups is 1. The Balaban J connectivity index is 1.22. The highest BCUT2D eigenvalue weighted by Gasteiger charge is 2.25. The number of aromatic nitrogens is 5. The van der Waals surface area contributed by atoms with E-state index in [1.165, 1.54) is 12.4 Å². The Kier molecular flexibility index (Phi) is 6.58. The van der Waals surface area contributed by atoms with Crippen LogP contribution < -0.4 is 10.1 Å². The maximum absolute atomic E-state index is 12.1. The molecule has 0 unspecified atom stereocenters. The standard InChI is InChI=1S/C31H27N7O2/c1-4-29(39)38-15-5-6-23(38)10-7-21-8-12-25-30(35-21)31(33-18-32-25)36-22-9-14-28(20(2)16-22)40-24-11-13-27-26(17-24)34-19-37(27)3/h4,8-9,11-14,16-19,23H,1,5-6,15H2,2-3H3,(H,32,33,36)/t23-/m0/s1. The van der Waals surface area contributed by atoms with Crippen LogP contribution in [0.1, 0.15) is 24.1 Å². The molecular formula is C31H27N7O2. The van der Waals surface area contributed by atoms with Crippen molar-refractivity contribution in [1.29, 1.82) is 0 Å². The fraction of sp³-hybridized carbons (Fsp3) is 0.194. The van der Waals surface area contributed by atoms with Crippen molar-refractivity contribution in [2.24, 2.45) is 7.05 Å². The summed E-state index contributed by atoms with van der Waals surface area (Å²) in [4.78, 5) is 31.8. The van der Waals surface area contributed by atoms with Gasteiger partial charge in [-0.3, -0.25) is 4.79 Å². The number of hydrogen-bond donors (Lipinski definition) is 1. The molecule has 1 aliphatic heterocycles. The molecule has 1 fully saturated rings. The number of amides is 1. The average molecular weight is 530 g/mol. The van der Waals surface area contributed by atoms with Gasteiger partial charge in [0.25, 0.3) is 0 Å². The van der Waals surface area contributed by atoms with Gasteiger partial charge < -0.3 is 19.5 Å². The lowest BCUT2D eigenvalue weighted by Gasteiger charge is -2.18. The molecule has 4 heterocycles. The third kappa shape index (κ3) is 4.95. The minimum Gasteiger partial charge on any atom is -0.457 e. The molecular weight excluding hydrogens is 502 g/mol. The fourth-order valence-corrected chi connectivity index (χ4v) is 4.84. The number of likely N-dealkylation sites (tertiary alicyclic amines) is 1. The molecule has 6 rings (SSSR count). The minimum absolute atomic E-state index is 0.0934. The lowest BCUT2D eigenvalue weighted by molar-refractivity contribution is -0.125. The maximum atomic E-state index is 12.1. The first-order valence-corrected chi connectivity index (χ1v) is 13.0. The lowest BCUT2D eigenvalue weighted by atomic mass is 10.2. The van der Waals surface area contributed by atoms with Gasteiger partial charge in [-0.15, -0.1) is 0 Å². The van der Waals surface area contributed by atoms with Crippen LogP contribution >= 0.6 is 0 Å². The number of nitrogens with zero attached hydrogens (tertiary/aromatic N) is 6. The second kappa shape index (κ2) is 10.5. The number of hydrogen-bond acceptors (Lipinski definition) is 7. The first kappa shape index (κ1) is 25.1. The van der Waals surface area contributed by atoms with Crippen molar-refractivity contribution in [3.63, 3.8) is 0 Å². The van der Waals surface area contributed by atoms with Crippen molar-refractivity contribution in [2.45, 2.75) is 25.8 Å². The summed E-state index contributed by atoms with van der Waals surface area (Å²) < 4.78 is 8.13. The quantitative estimate of drug-likeness (QED) is 0.244. The Morgan fingerprint density at radius 1 is 1.12 bits per heavy atom. The van der Waals surface area contributed by atoms with Gasteiger partial charge in [-0.2, -0.15) is 0 Å². The lowest BCUT2D eigenvalue weighted by Crippen LogP contribution is -2.33. The molecule has 0 saturated carbocycles. The van der Waals surface area contributed by atoms with Crippen molar-refractivity contribution in [2.75, 3.05) is 11.9 Å². The van der Waals surface area contributed by atoms with E-state index in [0.717, 1.165) is 46.6 Å². The zero-order valence-corrected chi connectivity index (χ0v) is 22.3. The van der Waals surface area contributed by atoms with Crippen molar-refractivity contribution >= 4 is 39.5 Å². The Bertz CT molecular complexity index is 1830. The first-order chi connectivity index (χ1) is 19.5. The van der Waals surface area contributed by atoms with Gasteiger partial charge in [-0.05, 0) is 79.8 Å². The smallest absolute Gasteiger partial charge is 0.246 e. The molecule has 0 spiro atoms. The predicted molar refractivity (Wildman–Crippen MR) is 154 cm³/mol. The third-order valence-corrected chi connectivity index (χ3v) is 6.92. The van der Waals surface area contributed by atoms with Crippen LogP contribution in [0.3, 0.4) is 0 Å². The van der Waals surface area contributed by atoms with Crippen LogP contribution in [0.5, 0.6) is 11.5 Å². The van der Waals surface area contributed by atoms with E-state index < -0.39 is 0 Å². The predicted octanol–water partition coefficient (Wildman–Crippen LogP) is 5.28. The summed E-state index contributed by atoms with van der Waals surface area (Å²) in [5.74, 6) is 8.30. The van der Waals surface area contributed by atoms with Crippen LogP contribution in [0.25, 0.3) is 22.1 Å². The number of ether oxygens (including phenoxy) is 1. The molecule has 3 aromatic heterocycles. The number of anilines is 2. The van der Waals surface area contributed by atoms with Crippen molar-refractivity contribution in [3.8, 4) is 23.3 Å². The molecule has 0 radical (unpaired) electrons. The molecule has 1 N–H and O–H groups in total. The van der Waals surface area contributed by atoms with E-state index in [0.29, 0.717) is 29.1 Å². The van der Waals surface area contributed by atoms with Gasteiger partial charge in [0, 0.05) is 25.3 Å². The van der Waals surface area contributed by atoms with E-state index >= 15 is 0 Å². The van der Waals surface area contributed by atoms with Crippen LogP contribution in [0.2, 0.25) is 0 Å². The fourth-order valence-electron chi connectivity index (χ4n) is 4.84. The topological polar surface area (TPSA) is 98.1 Å². The monoisotopic (exact) mass is 529 g/mol. The molecule has 198 valence electrons. The number of rotatable bonds is 5. The van der Waals surface area contributed by atoms with E-state index in [4.69, 9.17) is 9.72 Å². The van der Waals surface area contributed by atoms with E-state index in [1.807, 2.05) is 67.1 Å². The number of pyridine rings is 1.